The van der Waals surface area contributed by atoms with E-state index >= 15 is 0 Å². The Bertz CT molecular complexity index is 1460. The first-order valence-electron chi connectivity index (χ1n) is 10.8. The number of aromatic nitrogens is 2. The summed E-state index contributed by atoms with van der Waals surface area (Å²) in [4.78, 5) is 23.1. The number of hydrogen-bond acceptors (Lipinski definition) is 8. The molecule has 1 amide bonds. The maximum atomic E-state index is 13.9. The van der Waals surface area contributed by atoms with Gasteiger partial charge in [-0.15, -0.1) is 0 Å². The molecule has 9 nitrogen and oxygen atoms in total. The van der Waals surface area contributed by atoms with E-state index in [1.54, 1.807) is 53.4 Å². The summed E-state index contributed by atoms with van der Waals surface area (Å²) in [5, 5.41) is 2.23. The lowest BCUT2D eigenvalue weighted by Crippen LogP contribution is -2.27. The standard InChI is InChI=1S/C25H23FN4O5S/c1-34-20-10-8-19(9-11-20)28-24(31)23-22(14-27-25(29-23)36(2,32)33)30(16-21-7-4-12-35-21)15-17-5-3-6-18(26)13-17/h3-14H,15-16H2,1-2H3,(H,28,31). The highest BCUT2D eigenvalue weighted by molar-refractivity contribution is 7.90. The van der Waals surface area contributed by atoms with E-state index in [9.17, 15) is 17.6 Å². The molecule has 0 radical (unpaired) electrons. The van der Waals surface area contributed by atoms with E-state index in [-0.39, 0.29) is 24.5 Å². The molecule has 2 aromatic carbocycles. The van der Waals surface area contributed by atoms with Gasteiger partial charge in [0.25, 0.3) is 5.91 Å². The Morgan fingerprint density at radius 3 is 2.53 bits per heavy atom. The SMILES string of the molecule is COc1ccc(NC(=O)c2nc(S(C)(=O)=O)ncc2N(Cc2cccc(F)c2)Cc2ccco2)cc1. The Labute approximate surface area is 207 Å². The minimum atomic E-state index is -3.80. The number of ether oxygens (including phenoxy) is 1. The molecule has 2 aromatic heterocycles. The quantitative estimate of drug-likeness (QED) is 0.335. The third-order valence-electron chi connectivity index (χ3n) is 5.17. The Morgan fingerprint density at radius 1 is 1.11 bits per heavy atom. The van der Waals surface area contributed by atoms with Crippen LogP contribution in [0.1, 0.15) is 21.8 Å². The predicted molar refractivity (Wildman–Crippen MR) is 131 cm³/mol. The summed E-state index contributed by atoms with van der Waals surface area (Å²) in [7, 11) is -2.28. The molecular weight excluding hydrogens is 487 g/mol. The largest absolute Gasteiger partial charge is 0.497 e. The number of carbonyl (C=O) groups is 1. The zero-order chi connectivity index (χ0) is 25.7. The molecule has 0 saturated heterocycles. The molecule has 0 saturated carbocycles. The molecule has 0 aliphatic carbocycles. The first kappa shape index (κ1) is 24.9. The van der Waals surface area contributed by atoms with Crippen molar-refractivity contribution < 1.29 is 26.8 Å². The Hall–Kier alpha value is -4.25. The summed E-state index contributed by atoms with van der Waals surface area (Å²) in [6.45, 7) is 0.358. The number of halogens is 1. The van der Waals surface area contributed by atoms with Gasteiger partial charge in [0.05, 0.1) is 31.8 Å². The normalized spacial score (nSPS) is 11.2. The van der Waals surface area contributed by atoms with E-state index in [2.05, 4.69) is 15.3 Å². The molecule has 4 rings (SSSR count). The number of hydrogen-bond donors (Lipinski definition) is 1. The van der Waals surface area contributed by atoms with Crippen molar-refractivity contribution in [3.8, 4) is 5.75 Å². The lowest BCUT2D eigenvalue weighted by atomic mass is 10.1. The van der Waals surface area contributed by atoms with Gasteiger partial charge in [0.2, 0.25) is 15.0 Å². The molecule has 0 aliphatic rings. The first-order chi connectivity index (χ1) is 17.2. The number of sulfone groups is 1. The fraction of sp³-hybridized carbons (Fsp3) is 0.160. The highest BCUT2D eigenvalue weighted by Crippen LogP contribution is 2.26. The fourth-order valence-corrected chi connectivity index (χ4v) is 3.97. The van der Waals surface area contributed by atoms with Crippen LogP contribution in [0.25, 0.3) is 0 Å². The molecule has 0 unspecified atom stereocenters. The number of carbonyl (C=O) groups excluding carboxylic acids is 1. The molecule has 0 aliphatic heterocycles. The molecule has 11 heteroatoms. The van der Waals surface area contributed by atoms with Gasteiger partial charge in [-0.05, 0) is 54.1 Å². The van der Waals surface area contributed by atoms with E-state index in [0.29, 0.717) is 22.8 Å². The summed E-state index contributed by atoms with van der Waals surface area (Å²) < 4.78 is 48.8. The van der Waals surface area contributed by atoms with Crippen LogP contribution in [-0.4, -0.2) is 37.7 Å². The van der Waals surface area contributed by atoms with Crippen LogP contribution in [0.5, 0.6) is 5.75 Å². The van der Waals surface area contributed by atoms with Crippen LogP contribution < -0.4 is 15.0 Å². The third-order valence-corrected chi connectivity index (χ3v) is 6.03. The third kappa shape index (κ3) is 6.05. The number of methoxy groups -OCH3 is 1. The average Bonchev–Trinajstić information content (AvgIpc) is 3.36. The molecule has 36 heavy (non-hydrogen) atoms. The van der Waals surface area contributed by atoms with Crippen molar-refractivity contribution in [3.63, 3.8) is 0 Å². The van der Waals surface area contributed by atoms with E-state index in [1.807, 2.05) is 0 Å². The molecule has 0 bridgehead atoms. The molecule has 186 valence electrons. The van der Waals surface area contributed by atoms with E-state index in [0.717, 1.165) is 6.26 Å². The van der Waals surface area contributed by atoms with Gasteiger partial charge in [-0.1, -0.05) is 12.1 Å². The van der Waals surface area contributed by atoms with Gasteiger partial charge < -0.3 is 19.4 Å². The van der Waals surface area contributed by atoms with Crippen molar-refractivity contribution >= 4 is 27.1 Å². The van der Waals surface area contributed by atoms with E-state index in [4.69, 9.17) is 9.15 Å². The van der Waals surface area contributed by atoms with Crippen molar-refractivity contribution in [2.24, 2.45) is 0 Å². The molecule has 4 aromatic rings. The lowest BCUT2D eigenvalue weighted by molar-refractivity contribution is 0.102. The minimum Gasteiger partial charge on any atom is -0.497 e. The number of anilines is 2. The average molecular weight is 511 g/mol. The minimum absolute atomic E-state index is 0.163. The van der Waals surface area contributed by atoms with E-state index in [1.165, 1.54) is 31.7 Å². The van der Waals surface area contributed by atoms with Crippen LogP contribution in [0, 0.1) is 5.82 Å². The highest BCUT2D eigenvalue weighted by atomic mass is 32.2. The topological polar surface area (TPSA) is 115 Å². The number of rotatable bonds is 9. The van der Waals surface area contributed by atoms with Crippen molar-refractivity contribution in [2.45, 2.75) is 18.2 Å². The first-order valence-corrected chi connectivity index (χ1v) is 12.7. The smallest absolute Gasteiger partial charge is 0.276 e. The van der Waals surface area contributed by atoms with Gasteiger partial charge >= 0.3 is 0 Å². The number of amides is 1. The second-order valence-electron chi connectivity index (χ2n) is 7.91. The van der Waals surface area contributed by atoms with Gasteiger partial charge in [-0.2, -0.15) is 0 Å². The summed E-state index contributed by atoms with van der Waals surface area (Å²) in [5.74, 6) is 0.118. The second kappa shape index (κ2) is 10.6. The molecule has 0 fully saturated rings. The molecular formula is C25H23FN4O5S. The zero-order valence-electron chi connectivity index (χ0n) is 19.5. The van der Waals surface area contributed by atoms with Crippen molar-refractivity contribution in [1.82, 2.24) is 9.97 Å². The summed E-state index contributed by atoms with van der Waals surface area (Å²) in [6, 6.07) is 16.1. The number of nitrogens with one attached hydrogen (secondary N) is 1. The summed E-state index contributed by atoms with van der Waals surface area (Å²) >= 11 is 0. The second-order valence-corrected chi connectivity index (χ2v) is 9.82. The molecule has 0 atom stereocenters. The van der Waals surface area contributed by atoms with Gasteiger partial charge in [-0.3, -0.25) is 4.79 Å². The summed E-state index contributed by atoms with van der Waals surface area (Å²) in [5.41, 5.74) is 1.16. The molecule has 0 spiro atoms. The lowest BCUT2D eigenvalue weighted by Gasteiger charge is -2.25. The Morgan fingerprint density at radius 2 is 1.89 bits per heavy atom. The van der Waals surface area contributed by atoms with Crippen LogP contribution in [0.3, 0.4) is 0 Å². The van der Waals surface area contributed by atoms with Crippen LogP contribution in [0.2, 0.25) is 0 Å². The predicted octanol–water partition coefficient (Wildman–Crippen LogP) is 4.08. The maximum Gasteiger partial charge on any atom is 0.276 e. The Kier molecular flexibility index (Phi) is 7.30. The van der Waals surface area contributed by atoms with Gasteiger partial charge in [0, 0.05) is 18.5 Å². The van der Waals surface area contributed by atoms with Gasteiger partial charge in [0.15, 0.2) is 5.69 Å². The van der Waals surface area contributed by atoms with Gasteiger partial charge in [-0.25, -0.2) is 22.8 Å². The van der Waals surface area contributed by atoms with Crippen LogP contribution in [0.15, 0.2) is 82.7 Å². The molecule has 1 N–H and O–H groups in total. The van der Waals surface area contributed by atoms with Crippen LogP contribution >= 0.6 is 0 Å². The highest BCUT2D eigenvalue weighted by Gasteiger charge is 2.24. The molecule has 2 heterocycles. The maximum absolute atomic E-state index is 13.9. The van der Waals surface area contributed by atoms with E-state index < -0.39 is 26.7 Å². The monoisotopic (exact) mass is 510 g/mol. The van der Waals surface area contributed by atoms with Crippen molar-refractivity contribution in [2.75, 3.05) is 23.6 Å². The Balaban J connectivity index is 1.76. The fourth-order valence-electron chi connectivity index (χ4n) is 3.47. The van der Waals surface area contributed by atoms with Crippen LogP contribution in [-0.2, 0) is 22.9 Å². The number of benzene rings is 2. The number of nitrogens with zero attached hydrogens (tertiary/aromatic N) is 3. The van der Waals surface area contributed by atoms with Crippen LogP contribution in [0.4, 0.5) is 15.8 Å². The zero-order valence-corrected chi connectivity index (χ0v) is 20.3. The summed E-state index contributed by atoms with van der Waals surface area (Å²) in [6.07, 6.45) is 3.74. The van der Waals surface area contributed by atoms with Gasteiger partial charge in [0.1, 0.15) is 17.3 Å². The van der Waals surface area contributed by atoms with Crippen molar-refractivity contribution in [3.05, 3.63) is 96.0 Å². The number of furan rings is 1. The van der Waals surface area contributed by atoms with Crippen molar-refractivity contribution in [1.29, 1.82) is 0 Å².